The van der Waals surface area contributed by atoms with Crippen LogP contribution in [-0.4, -0.2) is 39.1 Å². The minimum atomic E-state index is -3.44. The van der Waals surface area contributed by atoms with E-state index in [4.69, 9.17) is 9.47 Å². The summed E-state index contributed by atoms with van der Waals surface area (Å²) in [6.07, 6.45) is 2.46. The van der Waals surface area contributed by atoms with E-state index < -0.39 is 20.9 Å². The molecule has 0 aromatic heterocycles. The Kier molecular flexibility index (Phi) is 4.03. The quantitative estimate of drug-likeness (QED) is 0.786. The van der Waals surface area contributed by atoms with Gasteiger partial charge in [0.15, 0.2) is 9.84 Å². The van der Waals surface area contributed by atoms with Crippen molar-refractivity contribution in [2.45, 2.75) is 41.4 Å². The molecule has 1 atom stereocenters. The van der Waals surface area contributed by atoms with Crippen molar-refractivity contribution >= 4 is 9.84 Å². The summed E-state index contributed by atoms with van der Waals surface area (Å²) in [5, 5.41) is -0.463. The number of ether oxygens (including phenoxy) is 2. The predicted molar refractivity (Wildman–Crippen MR) is 75.3 cm³/mol. The molecule has 1 aromatic carbocycles. The second-order valence-corrected chi connectivity index (χ2v) is 7.99. The average Bonchev–Trinajstić information content (AvgIpc) is 2.48. The molecule has 2 heterocycles. The Balaban J connectivity index is 1.83. The first-order valence-electron chi connectivity index (χ1n) is 7.23. The van der Waals surface area contributed by atoms with E-state index in [0.717, 1.165) is 12.8 Å². The van der Waals surface area contributed by atoms with E-state index in [0.29, 0.717) is 32.7 Å². The van der Waals surface area contributed by atoms with Crippen LogP contribution < -0.4 is 0 Å². The molecule has 0 aliphatic carbocycles. The molecule has 116 valence electrons. The summed E-state index contributed by atoms with van der Waals surface area (Å²) in [4.78, 5) is 0.193. The molecule has 3 rings (SSSR count). The van der Waals surface area contributed by atoms with E-state index >= 15 is 0 Å². The molecule has 0 amide bonds. The number of hydrogen-bond donors (Lipinski definition) is 0. The van der Waals surface area contributed by atoms with Crippen LogP contribution >= 0.6 is 0 Å². The predicted octanol–water partition coefficient (Wildman–Crippen LogP) is 2.33. The summed E-state index contributed by atoms with van der Waals surface area (Å²) in [5.74, 6) is -0.429. The number of rotatable bonds is 2. The maximum atomic E-state index is 13.0. The molecule has 6 heteroatoms. The van der Waals surface area contributed by atoms with Crippen LogP contribution in [0.4, 0.5) is 4.39 Å². The van der Waals surface area contributed by atoms with Crippen molar-refractivity contribution in [3.63, 3.8) is 0 Å². The standard InChI is InChI=1S/C15H19FO4S/c16-12-1-3-13(4-2-12)21(17,18)14-5-8-20-15(11-14)6-9-19-10-7-15/h1-4,14H,5-11H2. The van der Waals surface area contributed by atoms with Gasteiger partial charge in [-0.25, -0.2) is 12.8 Å². The Labute approximate surface area is 124 Å². The van der Waals surface area contributed by atoms with Crippen LogP contribution in [0.15, 0.2) is 29.2 Å². The van der Waals surface area contributed by atoms with Gasteiger partial charge in [0.2, 0.25) is 0 Å². The molecule has 0 radical (unpaired) electrons. The second kappa shape index (κ2) is 5.66. The molecule has 0 bridgehead atoms. The molecule has 2 aliphatic heterocycles. The third-order valence-corrected chi connectivity index (χ3v) is 6.64. The Morgan fingerprint density at radius 1 is 1.10 bits per heavy atom. The summed E-state index contributed by atoms with van der Waals surface area (Å²) in [6.45, 7) is 1.68. The zero-order valence-corrected chi connectivity index (χ0v) is 12.6. The molecule has 1 spiro atoms. The fourth-order valence-electron chi connectivity index (χ4n) is 3.16. The Bertz CT molecular complexity index is 585. The molecule has 4 nitrogen and oxygen atoms in total. The summed E-state index contributed by atoms with van der Waals surface area (Å²) in [6, 6.07) is 5.07. The summed E-state index contributed by atoms with van der Waals surface area (Å²) >= 11 is 0. The van der Waals surface area contributed by atoms with Gasteiger partial charge in [-0.05, 0) is 49.9 Å². The largest absolute Gasteiger partial charge is 0.381 e. The zero-order chi connectivity index (χ0) is 14.9. The highest BCUT2D eigenvalue weighted by Gasteiger charge is 2.43. The van der Waals surface area contributed by atoms with E-state index in [1.807, 2.05) is 0 Å². The SMILES string of the molecule is O=S(=O)(c1ccc(F)cc1)C1CCOC2(CCOCC2)C1. The number of halogens is 1. The van der Waals surface area contributed by atoms with Crippen molar-refractivity contribution < 1.29 is 22.3 Å². The molecular weight excluding hydrogens is 295 g/mol. The fourth-order valence-corrected chi connectivity index (χ4v) is 4.99. The molecule has 1 unspecified atom stereocenters. The molecular formula is C15H19FO4S. The van der Waals surface area contributed by atoms with Gasteiger partial charge in [-0.15, -0.1) is 0 Å². The first-order valence-corrected chi connectivity index (χ1v) is 8.78. The molecule has 2 fully saturated rings. The first kappa shape index (κ1) is 14.9. The third-order valence-electron chi connectivity index (χ3n) is 4.43. The van der Waals surface area contributed by atoms with E-state index in [9.17, 15) is 12.8 Å². The summed E-state index contributed by atoms with van der Waals surface area (Å²) in [7, 11) is -3.44. The van der Waals surface area contributed by atoms with Crippen LogP contribution in [0.5, 0.6) is 0 Å². The molecule has 2 aliphatic rings. The van der Waals surface area contributed by atoms with Gasteiger partial charge in [-0.3, -0.25) is 0 Å². The normalized spacial score (nSPS) is 25.9. The minimum absolute atomic E-state index is 0.193. The fraction of sp³-hybridized carbons (Fsp3) is 0.600. The van der Waals surface area contributed by atoms with E-state index in [1.165, 1.54) is 24.3 Å². The van der Waals surface area contributed by atoms with E-state index in [1.54, 1.807) is 0 Å². The van der Waals surface area contributed by atoms with Crippen LogP contribution in [0.3, 0.4) is 0 Å². The lowest BCUT2D eigenvalue weighted by Crippen LogP contribution is -2.47. The average molecular weight is 314 g/mol. The lowest BCUT2D eigenvalue weighted by atomic mass is 9.86. The van der Waals surface area contributed by atoms with Gasteiger partial charge in [0.05, 0.1) is 15.7 Å². The lowest BCUT2D eigenvalue weighted by molar-refractivity contribution is -0.132. The smallest absolute Gasteiger partial charge is 0.181 e. The monoisotopic (exact) mass is 314 g/mol. The highest BCUT2D eigenvalue weighted by atomic mass is 32.2. The Hall–Kier alpha value is -0.980. The topological polar surface area (TPSA) is 52.6 Å². The van der Waals surface area contributed by atoms with Crippen molar-refractivity contribution in [3.05, 3.63) is 30.1 Å². The maximum absolute atomic E-state index is 13.0. The third kappa shape index (κ3) is 2.98. The first-order chi connectivity index (χ1) is 10.0. The second-order valence-electron chi connectivity index (χ2n) is 5.76. The maximum Gasteiger partial charge on any atom is 0.181 e. The van der Waals surface area contributed by atoms with Gasteiger partial charge in [0.25, 0.3) is 0 Å². The van der Waals surface area contributed by atoms with Gasteiger partial charge < -0.3 is 9.47 Å². The number of benzene rings is 1. The van der Waals surface area contributed by atoms with Gasteiger partial charge in [-0.2, -0.15) is 0 Å². The Morgan fingerprint density at radius 3 is 2.43 bits per heavy atom. The van der Waals surface area contributed by atoms with Crippen LogP contribution in [0.25, 0.3) is 0 Å². The van der Waals surface area contributed by atoms with Crippen LogP contribution in [0.2, 0.25) is 0 Å². The van der Waals surface area contributed by atoms with Gasteiger partial charge in [-0.1, -0.05) is 0 Å². The van der Waals surface area contributed by atoms with Gasteiger partial charge in [0, 0.05) is 19.8 Å². The molecule has 2 saturated heterocycles. The summed E-state index contributed by atoms with van der Waals surface area (Å²) in [5.41, 5.74) is -0.367. The van der Waals surface area contributed by atoms with Gasteiger partial charge >= 0.3 is 0 Å². The van der Waals surface area contributed by atoms with E-state index in [2.05, 4.69) is 0 Å². The van der Waals surface area contributed by atoms with Crippen molar-refractivity contribution in [3.8, 4) is 0 Å². The zero-order valence-electron chi connectivity index (χ0n) is 11.8. The molecule has 0 saturated carbocycles. The Morgan fingerprint density at radius 2 is 1.76 bits per heavy atom. The lowest BCUT2D eigenvalue weighted by Gasteiger charge is -2.43. The van der Waals surface area contributed by atoms with Gasteiger partial charge in [0.1, 0.15) is 5.82 Å². The minimum Gasteiger partial charge on any atom is -0.381 e. The molecule has 0 N–H and O–H groups in total. The van der Waals surface area contributed by atoms with Crippen LogP contribution in [0.1, 0.15) is 25.7 Å². The number of hydrogen-bond acceptors (Lipinski definition) is 4. The molecule has 1 aromatic rings. The molecule has 21 heavy (non-hydrogen) atoms. The summed E-state index contributed by atoms with van der Waals surface area (Å²) < 4.78 is 49.6. The number of sulfone groups is 1. The van der Waals surface area contributed by atoms with Crippen molar-refractivity contribution in [1.82, 2.24) is 0 Å². The van der Waals surface area contributed by atoms with Crippen molar-refractivity contribution in [2.24, 2.45) is 0 Å². The van der Waals surface area contributed by atoms with Crippen LogP contribution in [0, 0.1) is 5.82 Å². The van der Waals surface area contributed by atoms with Crippen molar-refractivity contribution in [2.75, 3.05) is 19.8 Å². The highest BCUT2D eigenvalue weighted by Crippen LogP contribution is 2.38. The van der Waals surface area contributed by atoms with Crippen molar-refractivity contribution in [1.29, 1.82) is 0 Å². The highest BCUT2D eigenvalue weighted by molar-refractivity contribution is 7.92. The van der Waals surface area contributed by atoms with E-state index in [-0.39, 0.29) is 10.5 Å². The van der Waals surface area contributed by atoms with Crippen LogP contribution in [-0.2, 0) is 19.3 Å².